The summed E-state index contributed by atoms with van der Waals surface area (Å²) in [5.41, 5.74) is 0.833. The molecule has 5 heteroatoms. The van der Waals surface area contributed by atoms with E-state index in [1.54, 1.807) is 33.5 Å². The van der Waals surface area contributed by atoms with Gasteiger partial charge in [0.15, 0.2) is 11.5 Å². The first-order valence-corrected chi connectivity index (χ1v) is 7.46. The van der Waals surface area contributed by atoms with Crippen LogP contribution in [0.1, 0.15) is 24.8 Å². The molecule has 1 fully saturated rings. The lowest BCUT2D eigenvalue weighted by Crippen LogP contribution is -2.34. The molecule has 0 atom stereocenters. The van der Waals surface area contributed by atoms with E-state index in [0.717, 1.165) is 31.5 Å². The zero-order chi connectivity index (χ0) is 15.9. The van der Waals surface area contributed by atoms with Crippen LogP contribution in [-0.4, -0.2) is 45.2 Å². The standard InChI is InChI=1S/C17H23NO4/c1-20-14-11-13(12-15(21-2)17(14)22-3)7-8-16(19)18-9-5-4-6-10-18/h7-8,11-12H,4-6,9-10H2,1-3H3/b8-7+. The number of methoxy groups -OCH3 is 3. The third-order valence-corrected chi connectivity index (χ3v) is 3.77. The molecular weight excluding hydrogens is 282 g/mol. The minimum absolute atomic E-state index is 0.0495. The van der Waals surface area contributed by atoms with Crippen molar-refractivity contribution in [1.82, 2.24) is 4.90 Å². The number of nitrogens with zero attached hydrogens (tertiary/aromatic N) is 1. The molecule has 0 radical (unpaired) electrons. The third-order valence-electron chi connectivity index (χ3n) is 3.77. The Labute approximate surface area is 131 Å². The molecule has 22 heavy (non-hydrogen) atoms. The van der Waals surface area contributed by atoms with Gasteiger partial charge in [-0.3, -0.25) is 4.79 Å². The summed E-state index contributed by atoms with van der Waals surface area (Å²) in [6.07, 6.45) is 6.77. The van der Waals surface area contributed by atoms with Gasteiger partial charge in [0.1, 0.15) is 0 Å². The van der Waals surface area contributed by atoms with Gasteiger partial charge in [0.05, 0.1) is 21.3 Å². The smallest absolute Gasteiger partial charge is 0.246 e. The maximum absolute atomic E-state index is 12.2. The molecule has 1 aromatic carbocycles. The fraction of sp³-hybridized carbons (Fsp3) is 0.471. The van der Waals surface area contributed by atoms with Gasteiger partial charge in [-0.15, -0.1) is 0 Å². The second-order valence-corrected chi connectivity index (χ2v) is 5.18. The topological polar surface area (TPSA) is 48.0 Å². The van der Waals surface area contributed by atoms with E-state index in [-0.39, 0.29) is 5.91 Å². The second-order valence-electron chi connectivity index (χ2n) is 5.18. The molecule has 5 nitrogen and oxygen atoms in total. The third kappa shape index (κ3) is 3.72. The Balaban J connectivity index is 2.17. The number of carbonyl (C=O) groups excluding carboxylic acids is 1. The number of carbonyl (C=O) groups is 1. The number of piperidine rings is 1. The Morgan fingerprint density at radius 2 is 1.59 bits per heavy atom. The van der Waals surface area contributed by atoms with Crippen molar-refractivity contribution >= 4 is 12.0 Å². The Morgan fingerprint density at radius 1 is 1.00 bits per heavy atom. The van der Waals surface area contributed by atoms with Crippen LogP contribution in [0.3, 0.4) is 0 Å². The summed E-state index contributed by atoms with van der Waals surface area (Å²) in [6.45, 7) is 1.69. The lowest BCUT2D eigenvalue weighted by molar-refractivity contribution is -0.126. The van der Waals surface area contributed by atoms with E-state index in [4.69, 9.17) is 14.2 Å². The Kier molecular flexibility index (Phi) is 5.69. The summed E-state index contributed by atoms with van der Waals surface area (Å²) >= 11 is 0. The second kappa shape index (κ2) is 7.73. The first kappa shape index (κ1) is 16.2. The van der Waals surface area contributed by atoms with Crippen LogP contribution in [0.5, 0.6) is 17.2 Å². The molecule has 1 heterocycles. The monoisotopic (exact) mass is 305 g/mol. The first-order valence-electron chi connectivity index (χ1n) is 7.46. The van der Waals surface area contributed by atoms with Crippen LogP contribution in [0.15, 0.2) is 18.2 Å². The minimum Gasteiger partial charge on any atom is -0.493 e. The van der Waals surface area contributed by atoms with Gasteiger partial charge >= 0.3 is 0 Å². The summed E-state index contributed by atoms with van der Waals surface area (Å²) in [5, 5.41) is 0. The molecule has 0 N–H and O–H groups in total. The number of hydrogen-bond donors (Lipinski definition) is 0. The van der Waals surface area contributed by atoms with E-state index in [1.807, 2.05) is 17.0 Å². The van der Waals surface area contributed by atoms with Gasteiger partial charge in [-0.2, -0.15) is 0 Å². The van der Waals surface area contributed by atoms with E-state index in [1.165, 1.54) is 6.42 Å². The quantitative estimate of drug-likeness (QED) is 0.785. The minimum atomic E-state index is 0.0495. The van der Waals surface area contributed by atoms with Crippen molar-refractivity contribution in [3.8, 4) is 17.2 Å². The van der Waals surface area contributed by atoms with Crippen LogP contribution in [0.25, 0.3) is 6.08 Å². The van der Waals surface area contributed by atoms with Crippen molar-refractivity contribution in [2.45, 2.75) is 19.3 Å². The van der Waals surface area contributed by atoms with Crippen molar-refractivity contribution in [1.29, 1.82) is 0 Å². The summed E-state index contributed by atoms with van der Waals surface area (Å²) in [4.78, 5) is 14.0. The highest BCUT2D eigenvalue weighted by molar-refractivity contribution is 5.92. The molecule has 0 bridgehead atoms. The predicted molar refractivity (Wildman–Crippen MR) is 85.6 cm³/mol. The molecule has 0 spiro atoms. The van der Waals surface area contributed by atoms with Crippen LogP contribution in [-0.2, 0) is 4.79 Å². The number of rotatable bonds is 5. The van der Waals surface area contributed by atoms with Gasteiger partial charge < -0.3 is 19.1 Å². The largest absolute Gasteiger partial charge is 0.493 e. The van der Waals surface area contributed by atoms with Gasteiger partial charge in [-0.1, -0.05) is 0 Å². The van der Waals surface area contributed by atoms with E-state index in [0.29, 0.717) is 17.2 Å². The van der Waals surface area contributed by atoms with Gasteiger partial charge in [0.2, 0.25) is 11.7 Å². The van der Waals surface area contributed by atoms with E-state index in [2.05, 4.69) is 0 Å². The summed E-state index contributed by atoms with van der Waals surface area (Å²) in [7, 11) is 4.71. The average molecular weight is 305 g/mol. The maximum atomic E-state index is 12.2. The maximum Gasteiger partial charge on any atom is 0.246 e. The molecule has 0 saturated carbocycles. The van der Waals surface area contributed by atoms with Gasteiger partial charge in [0, 0.05) is 19.2 Å². The summed E-state index contributed by atoms with van der Waals surface area (Å²) in [5.74, 6) is 1.75. The molecule has 120 valence electrons. The molecule has 0 aliphatic carbocycles. The Morgan fingerprint density at radius 3 is 2.09 bits per heavy atom. The van der Waals surface area contributed by atoms with E-state index < -0.39 is 0 Å². The van der Waals surface area contributed by atoms with Crippen molar-refractivity contribution in [3.05, 3.63) is 23.8 Å². The highest BCUT2D eigenvalue weighted by atomic mass is 16.5. The zero-order valence-electron chi connectivity index (χ0n) is 13.4. The van der Waals surface area contributed by atoms with Crippen LogP contribution in [0, 0.1) is 0 Å². The first-order chi connectivity index (χ1) is 10.7. The molecule has 1 saturated heterocycles. The van der Waals surface area contributed by atoms with Crippen LogP contribution < -0.4 is 14.2 Å². The van der Waals surface area contributed by atoms with Crippen LogP contribution >= 0.6 is 0 Å². The lowest BCUT2D eigenvalue weighted by Gasteiger charge is -2.25. The number of benzene rings is 1. The van der Waals surface area contributed by atoms with Crippen molar-refractivity contribution in [2.24, 2.45) is 0 Å². The molecule has 1 aliphatic heterocycles. The number of hydrogen-bond acceptors (Lipinski definition) is 4. The number of likely N-dealkylation sites (tertiary alicyclic amines) is 1. The Bertz CT molecular complexity index is 523. The number of ether oxygens (including phenoxy) is 3. The Hall–Kier alpha value is -2.17. The molecule has 0 unspecified atom stereocenters. The molecular formula is C17H23NO4. The highest BCUT2D eigenvalue weighted by Gasteiger charge is 2.15. The zero-order valence-corrected chi connectivity index (χ0v) is 13.4. The van der Waals surface area contributed by atoms with Crippen molar-refractivity contribution < 1.29 is 19.0 Å². The molecule has 2 rings (SSSR count). The molecule has 1 aliphatic rings. The average Bonchev–Trinajstić information content (AvgIpc) is 2.59. The lowest BCUT2D eigenvalue weighted by atomic mass is 10.1. The molecule has 1 amide bonds. The normalized spacial score (nSPS) is 15.0. The van der Waals surface area contributed by atoms with Crippen LogP contribution in [0.4, 0.5) is 0 Å². The van der Waals surface area contributed by atoms with Crippen molar-refractivity contribution in [2.75, 3.05) is 34.4 Å². The summed E-state index contributed by atoms with van der Waals surface area (Å²) in [6, 6.07) is 3.64. The fourth-order valence-electron chi connectivity index (χ4n) is 2.58. The highest BCUT2D eigenvalue weighted by Crippen LogP contribution is 2.38. The molecule has 0 aromatic heterocycles. The van der Waals surface area contributed by atoms with Gasteiger partial charge in [-0.25, -0.2) is 0 Å². The van der Waals surface area contributed by atoms with E-state index >= 15 is 0 Å². The SMILES string of the molecule is COc1cc(/C=C/C(=O)N2CCCCC2)cc(OC)c1OC. The fourth-order valence-corrected chi connectivity index (χ4v) is 2.58. The number of amides is 1. The summed E-state index contributed by atoms with van der Waals surface area (Å²) < 4.78 is 15.9. The van der Waals surface area contributed by atoms with E-state index in [9.17, 15) is 4.79 Å². The predicted octanol–water partition coefficient (Wildman–Crippen LogP) is 2.74. The van der Waals surface area contributed by atoms with Crippen molar-refractivity contribution in [3.63, 3.8) is 0 Å². The van der Waals surface area contributed by atoms with Crippen LogP contribution in [0.2, 0.25) is 0 Å². The van der Waals surface area contributed by atoms with Gasteiger partial charge in [-0.05, 0) is 43.0 Å². The van der Waals surface area contributed by atoms with Gasteiger partial charge in [0.25, 0.3) is 0 Å². The molecule has 1 aromatic rings.